The summed E-state index contributed by atoms with van der Waals surface area (Å²) in [6.45, 7) is 14.7. The lowest BCUT2D eigenvalue weighted by Crippen LogP contribution is -2.56. The van der Waals surface area contributed by atoms with E-state index in [0.717, 1.165) is 45.7 Å². The van der Waals surface area contributed by atoms with Gasteiger partial charge in [-0.15, -0.1) is 0 Å². The predicted molar refractivity (Wildman–Crippen MR) is 78.0 cm³/mol. The van der Waals surface area contributed by atoms with Crippen molar-refractivity contribution < 1.29 is 4.79 Å². The molecule has 1 amide bonds. The van der Waals surface area contributed by atoms with E-state index in [9.17, 15) is 4.79 Å². The third-order valence-corrected chi connectivity index (χ3v) is 4.46. The Morgan fingerprint density at radius 3 is 2.26 bits per heavy atom. The van der Waals surface area contributed by atoms with E-state index in [4.69, 9.17) is 0 Å². The van der Waals surface area contributed by atoms with Crippen molar-refractivity contribution in [2.75, 3.05) is 39.3 Å². The molecule has 0 saturated carbocycles. The highest BCUT2D eigenvalue weighted by Crippen LogP contribution is 2.21. The van der Waals surface area contributed by atoms with Crippen LogP contribution >= 0.6 is 0 Å². The molecule has 0 radical (unpaired) electrons. The molecule has 0 aromatic rings. The van der Waals surface area contributed by atoms with Crippen LogP contribution in [0.15, 0.2) is 0 Å². The molecule has 2 heterocycles. The molecule has 110 valence electrons. The minimum atomic E-state index is 0.199. The second kappa shape index (κ2) is 5.80. The van der Waals surface area contributed by atoms with E-state index < -0.39 is 0 Å². The standard InChI is InChI=1S/C15H29N3O/c1-12-9-13(11-16-10-12)14(19)17-5-7-18(8-6-17)15(2,3)4/h12-13,16H,5-11H2,1-4H3. The van der Waals surface area contributed by atoms with Gasteiger partial charge in [-0.25, -0.2) is 0 Å². The van der Waals surface area contributed by atoms with E-state index >= 15 is 0 Å². The van der Waals surface area contributed by atoms with E-state index in [1.807, 2.05) is 0 Å². The molecule has 4 heteroatoms. The molecule has 1 N–H and O–H groups in total. The van der Waals surface area contributed by atoms with Gasteiger partial charge in [-0.3, -0.25) is 9.69 Å². The summed E-state index contributed by atoms with van der Waals surface area (Å²) < 4.78 is 0. The highest BCUT2D eigenvalue weighted by molar-refractivity contribution is 5.79. The van der Waals surface area contributed by atoms with Gasteiger partial charge in [0.2, 0.25) is 5.91 Å². The number of carbonyl (C=O) groups is 1. The van der Waals surface area contributed by atoms with Crippen LogP contribution in [0.2, 0.25) is 0 Å². The van der Waals surface area contributed by atoms with Gasteiger partial charge in [-0.05, 0) is 39.7 Å². The maximum absolute atomic E-state index is 12.5. The number of rotatable bonds is 1. The topological polar surface area (TPSA) is 35.6 Å². The Bertz CT molecular complexity index is 316. The van der Waals surface area contributed by atoms with Crippen molar-refractivity contribution in [2.45, 2.75) is 39.7 Å². The van der Waals surface area contributed by atoms with E-state index in [1.165, 1.54) is 0 Å². The van der Waals surface area contributed by atoms with Crippen molar-refractivity contribution in [1.82, 2.24) is 15.1 Å². The van der Waals surface area contributed by atoms with E-state index in [0.29, 0.717) is 11.8 Å². The van der Waals surface area contributed by atoms with E-state index in [1.54, 1.807) is 0 Å². The summed E-state index contributed by atoms with van der Waals surface area (Å²) in [6, 6.07) is 0. The number of nitrogens with zero attached hydrogens (tertiary/aromatic N) is 2. The number of piperazine rings is 1. The zero-order chi connectivity index (χ0) is 14.0. The minimum absolute atomic E-state index is 0.199. The largest absolute Gasteiger partial charge is 0.340 e. The third kappa shape index (κ3) is 3.69. The van der Waals surface area contributed by atoms with Gasteiger partial charge in [0, 0.05) is 38.3 Å². The maximum Gasteiger partial charge on any atom is 0.227 e. The number of nitrogens with one attached hydrogen (secondary N) is 1. The zero-order valence-electron chi connectivity index (χ0n) is 12.9. The second-order valence-corrected chi connectivity index (χ2v) is 7.18. The minimum Gasteiger partial charge on any atom is -0.340 e. The molecule has 0 aromatic heterocycles. The van der Waals surface area contributed by atoms with Crippen LogP contribution in [0.1, 0.15) is 34.1 Å². The molecule has 2 aliphatic heterocycles. The van der Waals surface area contributed by atoms with Crippen LogP contribution in [0.4, 0.5) is 0 Å². The Hall–Kier alpha value is -0.610. The van der Waals surface area contributed by atoms with Crippen LogP contribution in [0, 0.1) is 11.8 Å². The number of hydrogen-bond acceptors (Lipinski definition) is 3. The van der Waals surface area contributed by atoms with Crippen molar-refractivity contribution in [3.8, 4) is 0 Å². The van der Waals surface area contributed by atoms with Crippen molar-refractivity contribution in [3.05, 3.63) is 0 Å². The first-order valence-electron chi connectivity index (χ1n) is 7.62. The summed E-state index contributed by atoms with van der Waals surface area (Å²) in [5.74, 6) is 1.19. The average Bonchev–Trinajstić information content (AvgIpc) is 2.37. The summed E-state index contributed by atoms with van der Waals surface area (Å²) in [5.41, 5.74) is 0.218. The lowest BCUT2D eigenvalue weighted by molar-refractivity contribution is -0.139. The predicted octanol–water partition coefficient (Wildman–Crippen LogP) is 1.17. The highest BCUT2D eigenvalue weighted by Gasteiger charge is 2.32. The molecule has 19 heavy (non-hydrogen) atoms. The summed E-state index contributed by atoms with van der Waals surface area (Å²) in [7, 11) is 0. The van der Waals surface area contributed by atoms with Crippen LogP contribution in [0.5, 0.6) is 0 Å². The molecule has 2 saturated heterocycles. The SMILES string of the molecule is CC1CNCC(C(=O)N2CCN(C(C)(C)C)CC2)C1. The molecular weight excluding hydrogens is 238 g/mol. The molecule has 2 rings (SSSR count). The van der Waals surface area contributed by atoms with Crippen LogP contribution in [0.3, 0.4) is 0 Å². The number of hydrogen-bond donors (Lipinski definition) is 1. The first-order valence-corrected chi connectivity index (χ1v) is 7.62. The monoisotopic (exact) mass is 267 g/mol. The fraction of sp³-hybridized carbons (Fsp3) is 0.933. The Morgan fingerprint density at radius 2 is 1.74 bits per heavy atom. The van der Waals surface area contributed by atoms with Gasteiger partial charge in [0.25, 0.3) is 0 Å². The van der Waals surface area contributed by atoms with Gasteiger partial charge in [0.1, 0.15) is 0 Å². The Kier molecular flexibility index (Phi) is 4.51. The molecule has 0 aliphatic carbocycles. The molecule has 2 fully saturated rings. The quantitative estimate of drug-likeness (QED) is 0.775. The highest BCUT2D eigenvalue weighted by atomic mass is 16.2. The molecular formula is C15H29N3O. The zero-order valence-corrected chi connectivity index (χ0v) is 12.9. The summed E-state index contributed by atoms with van der Waals surface area (Å²) in [6.07, 6.45) is 1.05. The normalized spacial score (nSPS) is 30.4. The van der Waals surface area contributed by atoms with Gasteiger partial charge in [-0.2, -0.15) is 0 Å². The fourth-order valence-corrected chi connectivity index (χ4v) is 3.20. The van der Waals surface area contributed by atoms with Crippen molar-refractivity contribution in [2.24, 2.45) is 11.8 Å². The average molecular weight is 267 g/mol. The van der Waals surface area contributed by atoms with Crippen molar-refractivity contribution in [3.63, 3.8) is 0 Å². The van der Waals surface area contributed by atoms with Gasteiger partial charge >= 0.3 is 0 Å². The molecule has 2 atom stereocenters. The van der Waals surface area contributed by atoms with Crippen LogP contribution < -0.4 is 5.32 Å². The molecule has 2 unspecified atom stereocenters. The number of carbonyl (C=O) groups excluding carboxylic acids is 1. The molecule has 0 spiro atoms. The maximum atomic E-state index is 12.5. The van der Waals surface area contributed by atoms with Crippen LogP contribution in [-0.4, -0.2) is 60.5 Å². The van der Waals surface area contributed by atoms with E-state index in [2.05, 4.69) is 42.8 Å². The Balaban J connectivity index is 1.85. The Morgan fingerprint density at radius 1 is 1.11 bits per heavy atom. The van der Waals surface area contributed by atoms with Gasteiger partial charge in [0.15, 0.2) is 0 Å². The van der Waals surface area contributed by atoms with Crippen LogP contribution in [0.25, 0.3) is 0 Å². The van der Waals surface area contributed by atoms with Gasteiger partial charge in [-0.1, -0.05) is 6.92 Å². The van der Waals surface area contributed by atoms with Crippen molar-refractivity contribution in [1.29, 1.82) is 0 Å². The lowest BCUT2D eigenvalue weighted by atomic mass is 9.90. The second-order valence-electron chi connectivity index (χ2n) is 7.18. The molecule has 2 aliphatic rings. The Labute approximate surface area is 117 Å². The number of piperidine rings is 1. The molecule has 0 bridgehead atoms. The first kappa shape index (κ1) is 14.8. The summed E-state index contributed by atoms with van der Waals surface area (Å²) in [5, 5.41) is 3.38. The smallest absolute Gasteiger partial charge is 0.227 e. The van der Waals surface area contributed by atoms with Crippen LogP contribution in [-0.2, 0) is 4.79 Å². The lowest BCUT2D eigenvalue weighted by Gasteiger charge is -2.43. The van der Waals surface area contributed by atoms with Gasteiger partial charge in [0.05, 0.1) is 5.92 Å². The molecule has 0 aromatic carbocycles. The first-order chi connectivity index (χ1) is 8.88. The van der Waals surface area contributed by atoms with Gasteiger partial charge < -0.3 is 10.2 Å². The summed E-state index contributed by atoms with van der Waals surface area (Å²) in [4.78, 5) is 17.1. The fourth-order valence-electron chi connectivity index (χ4n) is 3.20. The number of amides is 1. The summed E-state index contributed by atoms with van der Waals surface area (Å²) >= 11 is 0. The third-order valence-electron chi connectivity index (χ3n) is 4.46. The van der Waals surface area contributed by atoms with Crippen molar-refractivity contribution >= 4 is 5.91 Å². The van der Waals surface area contributed by atoms with E-state index in [-0.39, 0.29) is 11.5 Å². The molecule has 4 nitrogen and oxygen atoms in total.